The fraction of sp³-hybridized carbons (Fsp3) is 0.300. The summed E-state index contributed by atoms with van der Waals surface area (Å²) in [6.07, 6.45) is 6.06. The summed E-state index contributed by atoms with van der Waals surface area (Å²) in [5, 5.41) is 5.87. The number of aromatic nitrogens is 2. The number of anilines is 1. The average Bonchev–Trinajstić information content (AvgIpc) is 3.29. The normalized spacial score (nSPS) is 10.9. The van der Waals surface area contributed by atoms with Gasteiger partial charge in [0.15, 0.2) is 0 Å². The van der Waals surface area contributed by atoms with Crippen LogP contribution in [0.25, 0.3) is 22.2 Å². The van der Waals surface area contributed by atoms with Gasteiger partial charge in [0.25, 0.3) is 5.91 Å². The minimum Gasteiger partial charge on any atom is -0.348 e. The van der Waals surface area contributed by atoms with Crippen molar-refractivity contribution in [1.82, 2.24) is 15.3 Å². The topological polar surface area (TPSA) is 86.9 Å². The molecule has 0 spiro atoms. The van der Waals surface area contributed by atoms with E-state index in [0.29, 0.717) is 24.5 Å². The number of unbranched alkanes of at least 4 members (excludes halogenated alkanes) is 4. The lowest BCUT2D eigenvalue weighted by molar-refractivity contribution is -0.116. The van der Waals surface area contributed by atoms with Gasteiger partial charge < -0.3 is 10.3 Å². The number of carbonyl (C=O) groups is 2. The Morgan fingerprint density at radius 2 is 1.67 bits per heavy atom. The third kappa shape index (κ3) is 6.81. The number of rotatable bonds is 11. The molecule has 6 nitrogen and oxygen atoms in total. The number of carbonyl (C=O) groups excluding carboxylic acids is 2. The Hall–Kier alpha value is -3.93. The molecule has 3 N–H and O–H groups in total. The molecule has 0 unspecified atom stereocenters. The van der Waals surface area contributed by atoms with Gasteiger partial charge in [-0.15, -0.1) is 0 Å². The molecule has 1 heterocycles. The number of fused-ring (bicyclic) bond motifs is 1. The van der Waals surface area contributed by atoms with Crippen LogP contribution < -0.4 is 10.6 Å². The van der Waals surface area contributed by atoms with Crippen LogP contribution in [-0.4, -0.2) is 21.8 Å². The van der Waals surface area contributed by atoms with Crippen molar-refractivity contribution in [2.75, 3.05) is 5.32 Å². The summed E-state index contributed by atoms with van der Waals surface area (Å²) < 4.78 is 0. The van der Waals surface area contributed by atoms with Crippen molar-refractivity contribution in [3.05, 3.63) is 83.4 Å². The van der Waals surface area contributed by atoms with Crippen molar-refractivity contribution < 1.29 is 9.59 Å². The highest BCUT2D eigenvalue weighted by molar-refractivity contribution is 5.96. The summed E-state index contributed by atoms with van der Waals surface area (Å²) in [5.41, 5.74) is 6.38. The molecule has 0 aliphatic carbocycles. The van der Waals surface area contributed by atoms with Crippen LogP contribution >= 0.6 is 0 Å². The highest BCUT2D eigenvalue weighted by Crippen LogP contribution is 2.25. The number of nitrogens with one attached hydrogen (secondary N) is 3. The van der Waals surface area contributed by atoms with E-state index in [1.54, 1.807) is 0 Å². The number of hydrogen-bond donors (Lipinski definition) is 3. The SMILES string of the molecule is CCCCCCCC(=O)Nc1nc2ccc(-c3cccc(C(=O)NCc4ccc(C)cc4)c3)cc2[nH]1. The molecule has 0 fully saturated rings. The maximum Gasteiger partial charge on any atom is 0.251 e. The minimum atomic E-state index is -0.111. The highest BCUT2D eigenvalue weighted by atomic mass is 16.2. The second kappa shape index (κ2) is 12.2. The van der Waals surface area contributed by atoms with Gasteiger partial charge in [-0.25, -0.2) is 4.98 Å². The smallest absolute Gasteiger partial charge is 0.251 e. The number of hydrogen-bond acceptors (Lipinski definition) is 3. The molecule has 0 aliphatic rings. The van der Waals surface area contributed by atoms with Crippen LogP contribution in [0, 0.1) is 6.92 Å². The molecular weight excluding hydrogens is 448 g/mol. The summed E-state index contributed by atoms with van der Waals surface area (Å²) in [6.45, 7) is 4.71. The second-order valence-electron chi connectivity index (χ2n) is 9.28. The lowest BCUT2D eigenvalue weighted by atomic mass is 10.0. The van der Waals surface area contributed by atoms with E-state index in [4.69, 9.17) is 0 Å². The molecule has 1 aromatic heterocycles. The quantitative estimate of drug-likeness (QED) is 0.206. The molecule has 6 heteroatoms. The van der Waals surface area contributed by atoms with Crippen LogP contribution in [-0.2, 0) is 11.3 Å². The molecule has 186 valence electrons. The maximum atomic E-state index is 12.7. The van der Waals surface area contributed by atoms with Crippen molar-refractivity contribution in [1.29, 1.82) is 0 Å². The van der Waals surface area contributed by atoms with Gasteiger partial charge in [-0.2, -0.15) is 0 Å². The summed E-state index contributed by atoms with van der Waals surface area (Å²) in [4.78, 5) is 32.7. The summed E-state index contributed by atoms with van der Waals surface area (Å²) >= 11 is 0. The van der Waals surface area contributed by atoms with E-state index in [-0.39, 0.29) is 11.8 Å². The monoisotopic (exact) mass is 482 g/mol. The predicted molar refractivity (Wildman–Crippen MR) is 146 cm³/mol. The van der Waals surface area contributed by atoms with Crippen molar-refractivity contribution in [3.8, 4) is 11.1 Å². The van der Waals surface area contributed by atoms with E-state index in [1.165, 1.54) is 24.8 Å². The number of aromatic amines is 1. The fourth-order valence-corrected chi connectivity index (χ4v) is 4.16. The molecule has 0 atom stereocenters. The molecule has 0 aliphatic heterocycles. The molecule has 36 heavy (non-hydrogen) atoms. The first-order chi connectivity index (χ1) is 17.5. The first-order valence-corrected chi connectivity index (χ1v) is 12.8. The van der Waals surface area contributed by atoms with Gasteiger partial charge in [0.2, 0.25) is 11.9 Å². The number of H-pyrrole nitrogens is 1. The minimum absolute atomic E-state index is 0.0184. The van der Waals surface area contributed by atoms with Gasteiger partial charge in [-0.1, -0.05) is 80.6 Å². The highest BCUT2D eigenvalue weighted by Gasteiger charge is 2.10. The fourth-order valence-electron chi connectivity index (χ4n) is 4.16. The first-order valence-electron chi connectivity index (χ1n) is 12.8. The van der Waals surface area contributed by atoms with Gasteiger partial charge in [0.05, 0.1) is 11.0 Å². The summed E-state index contributed by atoms with van der Waals surface area (Å²) in [6, 6.07) is 21.6. The second-order valence-corrected chi connectivity index (χ2v) is 9.28. The van der Waals surface area contributed by atoms with Crippen molar-refractivity contribution in [3.63, 3.8) is 0 Å². The lowest BCUT2D eigenvalue weighted by Gasteiger charge is -2.08. The third-order valence-electron chi connectivity index (χ3n) is 6.28. The van der Waals surface area contributed by atoms with Gasteiger partial charge in [0.1, 0.15) is 0 Å². The van der Waals surface area contributed by atoms with E-state index in [2.05, 4.69) is 27.5 Å². The van der Waals surface area contributed by atoms with Crippen molar-refractivity contribution in [2.45, 2.75) is 58.9 Å². The van der Waals surface area contributed by atoms with Crippen LogP contribution in [0.5, 0.6) is 0 Å². The molecule has 4 aromatic rings. The molecule has 2 amide bonds. The van der Waals surface area contributed by atoms with Crippen molar-refractivity contribution in [2.24, 2.45) is 0 Å². The van der Waals surface area contributed by atoms with E-state index >= 15 is 0 Å². The van der Waals surface area contributed by atoms with E-state index < -0.39 is 0 Å². The molecule has 0 saturated carbocycles. The standard InChI is InChI=1S/C30H34N4O2/c1-3-4-5-6-7-11-28(35)34-30-32-26-17-16-24(19-27(26)33-30)23-9-8-10-25(18-23)29(36)31-20-22-14-12-21(2)13-15-22/h8-10,12-19H,3-7,11,20H2,1-2H3,(H,31,36)(H2,32,33,34,35). The Morgan fingerprint density at radius 3 is 2.47 bits per heavy atom. The van der Waals surface area contributed by atoms with Crippen LogP contribution in [0.15, 0.2) is 66.7 Å². The van der Waals surface area contributed by atoms with Crippen LogP contribution in [0.3, 0.4) is 0 Å². The molecule has 0 saturated heterocycles. The number of aryl methyl sites for hydroxylation is 1. The number of benzene rings is 3. The number of nitrogens with zero attached hydrogens (tertiary/aromatic N) is 1. The van der Waals surface area contributed by atoms with Crippen molar-refractivity contribution >= 4 is 28.8 Å². The molecule has 3 aromatic carbocycles. The van der Waals surface area contributed by atoms with Crippen LogP contribution in [0.2, 0.25) is 0 Å². The Labute approximate surface area is 212 Å². The van der Waals surface area contributed by atoms with Gasteiger partial charge in [-0.05, 0) is 54.3 Å². The maximum absolute atomic E-state index is 12.7. The summed E-state index contributed by atoms with van der Waals surface area (Å²) in [5.74, 6) is 0.333. The summed E-state index contributed by atoms with van der Waals surface area (Å²) in [7, 11) is 0. The van der Waals surface area contributed by atoms with Gasteiger partial charge >= 0.3 is 0 Å². The molecule has 0 bridgehead atoms. The van der Waals surface area contributed by atoms with E-state index in [1.807, 2.05) is 73.7 Å². The average molecular weight is 483 g/mol. The Kier molecular flexibility index (Phi) is 8.50. The largest absolute Gasteiger partial charge is 0.348 e. The lowest BCUT2D eigenvalue weighted by Crippen LogP contribution is -2.22. The zero-order chi connectivity index (χ0) is 25.3. The van der Waals surface area contributed by atoms with Gasteiger partial charge in [-0.3, -0.25) is 14.9 Å². The van der Waals surface area contributed by atoms with Gasteiger partial charge in [0, 0.05) is 18.5 Å². The predicted octanol–water partition coefficient (Wildman–Crippen LogP) is 6.77. The zero-order valence-corrected chi connectivity index (χ0v) is 21.1. The van der Waals surface area contributed by atoms with E-state index in [9.17, 15) is 9.59 Å². The number of amides is 2. The molecular formula is C30H34N4O2. The Bertz CT molecular complexity index is 1320. The van der Waals surface area contributed by atoms with E-state index in [0.717, 1.165) is 40.6 Å². The Morgan fingerprint density at radius 1 is 0.889 bits per heavy atom. The molecule has 4 rings (SSSR count). The Balaban J connectivity index is 1.39. The van der Waals surface area contributed by atoms with Crippen LogP contribution in [0.1, 0.15) is 66.9 Å². The first kappa shape index (κ1) is 25.2. The third-order valence-corrected chi connectivity index (χ3v) is 6.28. The molecule has 0 radical (unpaired) electrons. The van der Waals surface area contributed by atoms with Crippen LogP contribution in [0.4, 0.5) is 5.95 Å². The number of imidazole rings is 1. The zero-order valence-electron chi connectivity index (χ0n) is 21.1.